The van der Waals surface area contributed by atoms with Gasteiger partial charge in [0.1, 0.15) is 11.6 Å². The molecule has 164 valence electrons. The summed E-state index contributed by atoms with van der Waals surface area (Å²) in [6, 6.07) is -0.350. The van der Waals surface area contributed by atoms with Crippen molar-refractivity contribution in [2.75, 3.05) is 13.1 Å². The third-order valence-corrected chi connectivity index (χ3v) is 3.69. The minimum absolute atomic E-state index is 0.350. The number of nitrogens with two attached hydrogens (primary N) is 1. The molecule has 28 heavy (non-hydrogen) atoms. The number of unbranched alkanes of at least 4 members (excludes halogenated alkanes) is 3. The van der Waals surface area contributed by atoms with Crippen molar-refractivity contribution < 1.29 is 19.1 Å². The van der Waals surface area contributed by atoms with Crippen LogP contribution in [0.2, 0.25) is 0 Å². The number of hydrogen-bond acceptors (Lipinski definition) is 4. The Labute approximate surface area is 171 Å². The third kappa shape index (κ3) is 17.4. The summed E-state index contributed by atoms with van der Waals surface area (Å²) in [6.45, 7) is 12.9. The first kappa shape index (κ1) is 28.2. The maximum absolute atomic E-state index is 10.7. The van der Waals surface area contributed by atoms with Crippen LogP contribution in [0.3, 0.4) is 0 Å². The highest BCUT2D eigenvalue weighted by Gasteiger charge is 2.27. The van der Waals surface area contributed by atoms with Crippen molar-refractivity contribution in [3.63, 3.8) is 0 Å². The number of rotatable bonds is 7. The first-order valence-corrected chi connectivity index (χ1v) is 10.2. The fraction of sp³-hybridized carbons (Fsp3) is 0.762. The van der Waals surface area contributed by atoms with E-state index in [4.69, 9.17) is 10.5 Å². The number of allylic oxidation sites excluding steroid dienone is 2. The Morgan fingerprint density at radius 2 is 1.89 bits per heavy atom. The number of carbonyl (C=O) groups is 3. The van der Waals surface area contributed by atoms with E-state index in [1.54, 1.807) is 0 Å². The van der Waals surface area contributed by atoms with Gasteiger partial charge in [-0.2, -0.15) is 0 Å². The van der Waals surface area contributed by atoms with Gasteiger partial charge in [0, 0.05) is 13.1 Å². The molecule has 7 nitrogen and oxygen atoms in total. The fourth-order valence-corrected chi connectivity index (χ4v) is 2.36. The molecule has 1 fully saturated rings. The number of nitrogens with one attached hydrogen (secondary N) is 1. The average Bonchev–Trinajstić information content (AvgIpc) is 3.08. The van der Waals surface area contributed by atoms with Crippen molar-refractivity contribution in [1.29, 1.82) is 0 Å². The second kappa shape index (κ2) is 17.1. The van der Waals surface area contributed by atoms with Crippen LogP contribution in [0.15, 0.2) is 12.2 Å². The summed E-state index contributed by atoms with van der Waals surface area (Å²) in [5.74, 6) is -0.399. The molecule has 0 radical (unpaired) electrons. The zero-order chi connectivity index (χ0) is 22.0. The topological polar surface area (TPSA) is 102 Å². The van der Waals surface area contributed by atoms with Gasteiger partial charge >= 0.3 is 6.09 Å². The lowest BCUT2D eigenvalue weighted by molar-refractivity contribution is -0.128. The van der Waals surface area contributed by atoms with E-state index in [1.807, 2.05) is 27.7 Å². The Morgan fingerprint density at radius 3 is 2.29 bits per heavy atom. The third-order valence-electron chi connectivity index (χ3n) is 3.69. The Hall–Kier alpha value is -2.05. The van der Waals surface area contributed by atoms with Crippen molar-refractivity contribution in [2.24, 2.45) is 5.73 Å². The van der Waals surface area contributed by atoms with Crippen molar-refractivity contribution in [3.05, 3.63) is 12.2 Å². The van der Waals surface area contributed by atoms with Gasteiger partial charge in [0.15, 0.2) is 0 Å². The average molecular weight is 400 g/mol. The van der Waals surface area contributed by atoms with Crippen molar-refractivity contribution in [1.82, 2.24) is 10.2 Å². The molecule has 1 atom stereocenters. The number of ether oxygens (including phenoxy) is 1. The molecule has 0 aromatic heterocycles. The first-order chi connectivity index (χ1) is 13.1. The molecule has 1 heterocycles. The summed E-state index contributed by atoms with van der Waals surface area (Å²) in [5, 5.41) is 2.54. The lowest BCUT2D eigenvalue weighted by Gasteiger charge is -2.19. The van der Waals surface area contributed by atoms with Gasteiger partial charge in [-0.25, -0.2) is 4.79 Å². The molecule has 3 N–H and O–H groups in total. The molecule has 0 aromatic rings. The molecule has 0 aromatic carbocycles. The van der Waals surface area contributed by atoms with Crippen LogP contribution in [0.1, 0.15) is 80.1 Å². The van der Waals surface area contributed by atoms with Gasteiger partial charge in [-0.3, -0.25) is 9.59 Å². The van der Waals surface area contributed by atoms with Gasteiger partial charge in [0.2, 0.25) is 12.3 Å². The summed E-state index contributed by atoms with van der Waals surface area (Å²) in [5.41, 5.74) is 4.63. The van der Waals surface area contributed by atoms with E-state index in [2.05, 4.69) is 31.3 Å². The summed E-state index contributed by atoms with van der Waals surface area (Å²) in [6.07, 6.45) is 11.6. The van der Waals surface area contributed by atoms with Crippen LogP contribution in [0.4, 0.5) is 4.79 Å². The molecule has 0 spiro atoms. The number of nitrogens with zero attached hydrogens (tertiary/aromatic N) is 1. The van der Waals surface area contributed by atoms with E-state index in [1.165, 1.54) is 30.6 Å². The van der Waals surface area contributed by atoms with Gasteiger partial charge in [0.25, 0.3) is 0 Å². The second-order valence-corrected chi connectivity index (χ2v) is 7.50. The second-order valence-electron chi connectivity index (χ2n) is 7.50. The van der Waals surface area contributed by atoms with E-state index in [0.29, 0.717) is 25.9 Å². The lowest BCUT2D eigenvalue weighted by Crippen LogP contribution is -2.39. The highest BCUT2D eigenvalue weighted by Crippen LogP contribution is 2.13. The molecule has 7 heteroatoms. The summed E-state index contributed by atoms with van der Waals surface area (Å²) in [4.78, 5) is 33.0. The Balaban J connectivity index is 0. The van der Waals surface area contributed by atoms with Gasteiger partial charge in [-0.05, 0) is 60.3 Å². The van der Waals surface area contributed by atoms with Crippen LogP contribution < -0.4 is 11.1 Å². The number of alkyl carbamates (subject to hydrolysis) is 1. The number of hydrogen-bond donors (Lipinski definition) is 2. The molecule has 0 aliphatic carbocycles. The summed E-state index contributed by atoms with van der Waals surface area (Å²) < 4.78 is 4.93. The molecular weight excluding hydrogens is 358 g/mol. The van der Waals surface area contributed by atoms with E-state index in [0.717, 1.165) is 6.42 Å². The molecule has 1 unspecified atom stereocenters. The summed E-state index contributed by atoms with van der Waals surface area (Å²) >= 11 is 0. The normalized spacial score (nSPS) is 15.8. The number of primary amides is 1. The van der Waals surface area contributed by atoms with E-state index < -0.39 is 5.91 Å². The van der Waals surface area contributed by atoms with Gasteiger partial charge in [-0.1, -0.05) is 31.9 Å². The largest absolute Gasteiger partial charge is 0.444 e. The highest BCUT2D eigenvalue weighted by atomic mass is 16.6. The lowest BCUT2D eigenvalue weighted by atomic mass is 10.2. The monoisotopic (exact) mass is 399 g/mol. The maximum atomic E-state index is 10.7. The minimum Gasteiger partial charge on any atom is -0.444 e. The quantitative estimate of drug-likeness (QED) is 0.386. The summed E-state index contributed by atoms with van der Waals surface area (Å²) in [7, 11) is 0. The van der Waals surface area contributed by atoms with Gasteiger partial charge in [0.05, 0.1) is 0 Å². The highest BCUT2D eigenvalue weighted by molar-refractivity contribution is 5.82. The molecule has 0 bridgehead atoms. The first-order valence-electron chi connectivity index (χ1n) is 10.2. The van der Waals surface area contributed by atoms with E-state index >= 15 is 0 Å². The van der Waals surface area contributed by atoms with Gasteiger partial charge < -0.3 is 20.7 Å². The Morgan fingerprint density at radius 1 is 1.25 bits per heavy atom. The van der Waals surface area contributed by atoms with Gasteiger partial charge in [-0.15, -0.1) is 0 Å². The predicted molar refractivity (Wildman–Crippen MR) is 114 cm³/mol. The Bertz CT molecular complexity index is 459. The molecule has 3 amide bonds. The van der Waals surface area contributed by atoms with Crippen LogP contribution in [-0.2, 0) is 14.3 Å². The number of carbonyl (C=O) groups excluding carboxylic acids is 3. The predicted octanol–water partition coefficient (Wildman–Crippen LogP) is 3.77. The SMILES string of the molecule is C/C=C\CCCCC.CCNC(=O)OC(C)(C)C.NC(=O)C1CCCN1C=O. The molecular formula is C21H41N3O4. The van der Waals surface area contributed by atoms with Crippen molar-refractivity contribution >= 4 is 18.4 Å². The van der Waals surface area contributed by atoms with Crippen LogP contribution in [-0.4, -0.2) is 48.0 Å². The van der Waals surface area contributed by atoms with Crippen LogP contribution in [0, 0.1) is 0 Å². The molecule has 0 saturated carbocycles. The molecule has 1 aliphatic rings. The van der Waals surface area contributed by atoms with Crippen LogP contribution >= 0.6 is 0 Å². The number of amides is 3. The standard InChI is InChI=1S/C8H16.C7H15NO2.C6H10N2O2/c1-3-5-7-8-6-4-2;1-5-8-6(9)10-7(2,3)4;7-6(10)5-2-1-3-8(5)4-9/h3,5H,4,6-8H2,1-2H3;5H2,1-4H3,(H,8,9);4-5H,1-3H2,(H2,7,10)/b5-3-;;. The maximum Gasteiger partial charge on any atom is 0.407 e. The smallest absolute Gasteiger partial charge is 0.407 e. The minimum atomic E-state index is -0.399. The Kier molecular flexibility index (Phi) is 17.2. The van der Waals surface area contributed by atoms with E-state index in [-0.39, 0.29) is 17.7 Å². The van der Waals surface area contributed by atoms with Crippen molar-refractivity contribution in [2.45, 2.75) is 91.7 Å². The van der Waals surface area contributed by atoms with Crippen LogP contribution in [0.25, 0.3) is 0 Å². The molecule has 1 rings (SSSR count). The zero-order valence-corrected chi connectivity index (χ0v) is 18.6. The van der Waals surface area contributed by atoms with Crippen LogP contribution in [0.5, 0.6) is 0 Å². The number of likely N-dealkylation sites (tertiary alicyclic amines) is 1. The molecule has 1 saturated heterocycles. The van der Waals surface area contributed by atoms with Crippen molar-refractivity contribution in [3.8, 4) is 0 Å². The van der Waals surface area contributed by atoms with E-state index in [9.17, 15) is 14.4 Å². The fourth-order valence-electron chi connectivity index (χ4n) is 2.36. The zero-order valence-electron chi connectivity index (χ0n) is 18.6. The molecule has 1 aliphatic heterocycles.